The number of anilines is 3. The number of hydrogen-bond acceptors (Lipinski definition) is 4. The third-order valence-electron chi connectivity index (χ3n) is 6.40. The first-order chi connectivity index (χ1) is 19.6. The van der Waals surface area contributed by atoms with Crippen LogP contribution in [0.4, 0.5) is 30.2 Å². The summed E-state index contributed by atoms with van der Waals surface area (Å²) in [6.07, 6.45) is -4.85. The number of alkyl halides is 3. The number of methoxy groups -OCH3 is 1. The molecule has 0 aromatic heterocycles. The summed E-state index contributed by atoms with van der Waals surface area (Å²) in [5.74, 6) is -0.583. The van der Waals surface area contributed by atoms with Crippen molar-refractivity contribution in [2.75, 3.05) is 23.1 Å². The Morgan fingerprint density at radius 3 is 1.73 bits per heavy atom. The standard InChI is InChI=1S/C32H28F3N3O3/c1-22(29(39)36-25-9-5-3-6-10-25)21-31(30(40)37-26-11-7-4-8-12-26,38-27-17-19-28(41-2)20-18-27)23-13-15-24(16-14-23)32(33,34)35/h3-20,38H,1,21H2,2H3,(H,36,39)(H,37,40). The zero-order chi connectivity index (χ0) is 29.5. The van der Waals surface area contributed by atoms with Crippen LogP contribution in [0.5, 0.6) is 5.75 Å². The predicted octanol–water partition coefficient (Wildman–Crippen LogP) is 7.25. The second-order valence-corrected chi connectivity index (χ2v) is 9.25. The van der Waals surface area contributed by atoms with E-state index in [-0.39, 0.29) is 17.6 Å². The Hall–Kier alpha value is -5.05. The van der Waals surface area contributed by atoms with E-state index >= 15 is 0 Å². The highest BCUT2D eigenvalue weighted by atomic mass is 19.4. The predicted molar refractivity (Wildman–Crippen MR) is 154 cm³/mol. The fourth-order valence-corrected chi connectivity index (χ4v) is 4.25. The van der Waals surface area contributed by atoms with Gasteiger partial charge in [0.25, 0.3) is 11.8 Å². The molecule has 0 saturated heterocycles. The van der Waals surface area contributed by atoms with Crippen LogP contribution in [0.25, 0.3) is 0 Å². The van der Waals surface area contributed by atoms with Crippen LogP contribution in [-0.2, 0) is 21.3 Å². The quantitative estimate of drug-likeness (QED) is 0.179. The Morgan fingerprint density at radius 1 is 0.707 bits per heavy atom. The SMILES string of the molecule is C=C(CC(Nc1ccc(OC)cc1)(C(=O)Nc1ccccc1)c1ccc(C(F)(F)F)cc1)C(=O)Nc1ccccc1. The Morgan fingerprint density at radius 2 is 1.22 bits per heavy atom. The number of rotatable bonds is 10. The summed E-state index contributed by atoms with van der Waals surface area (Å²) >= 11 is 0. The average Bonchev–Trinajstić information content (AvgIpc) is 2.97. The molecule has 0 heterocycles. The summed E-state index contributed by atoms with van der Waals surface area (Å²) in [6, 6.07) is 28.3. The Balaban J connectivity index is 1.80. The van der Waals surface area contributed by atoms with Gasteiger partial charge in [-0.2, -0.15) is 13.2 Å². The largest absolute Gasteiger partial charge is 0.497 e. The summed E-state index contributed by atoms with van der Waals surface area (Å²) in [5.41, 5.74) is -0.949. The molecule has 4 aromatic carbocycles. The van der Waals surface area contributed by atoms with Crippen molar-refractivity contribution in [3.8, 4) is 5.75 Å². The lowest BCUT2D eigenvalue weighted by Gasteiger charge is -2.36. The van der Waals surface area contributed by atoms with Crippen molar-refractivity contribution >= 4 is 28.9 Å². The van der Waals surface area contributed by atoms with Crippen LogP contribution >= 0.6 is 0 Å². The van der Waals surface area contributed by atoms with Crippen molar-refractivity contribution in [2.45, 2.75) is 18.1 Å². The molecule has 0 fully saturated rings. The van der Waals surface area contributed by atoms with Gasteiger partial charge in [0.05, 0.1) is 12.7 Å². The van der Waals surface area contributed by atoms with E-state index < -0.39 is 29.1 Å². The topological polar surface area (TPSA) is 79.5 Å². The van der Waals surface area contributed by atoms with Crippen molar-refractivity contribution in [3.05, 3.63) is 132 Å². The molecule has 2 amide bonds. The van der Waals surface area contributed by atoms with Gasteiger partial charge in [-0.05, 0) is 66.2 Å². The summed E-state index contributed by atoms with van der Waals surface area (Å²) in [7, 11) is 1.51. The van der Waals surface area contributed by atoms with Gasteiger partial charge in [0.1, 0.15) is 11.3 Å². The van der Waals surface area contributed by atoms with E-state index in [2.05, 4.69) is 22.5 Å². The van der Waals surface area contributed by atoms with Gasteiger partial charge in [-0.15, -0.1) is 0 Å². The molecule has 0 radical (unpaired) electrons. The van der Waals surface area contributed by atoms with Gasteiger partial charge in [0.2, 0.25) is 0 Å². The highest BCUT2D eigenvalue weighted by molar-refractivity contribution is 6.06. The molecule has 6 nitrogen and oxygen atoms in total. The number of nitrogens with one attached hydrogen (secondary N) is 3. The molecule has 0 aliphatic carbocycles. The minimum absolute atomic E-state index is 0.0259. The lowest BCUT2D eigenvalue weighted by Crippen LogP contribution is -2.48. The highest BCUT2D eigenvalue weighted by Crippen LogP contribution is 2.37. The summed E-state index contributed by atoms with van der Waals surface area (Å²) in [4.78, 5) is 27.4. The number of halogens is 3. The van der Waals surface area contributed by atoms with E-state index in [0.29, 0.717) is 22.8 Å². The van der Waals surface area contributed by atoms with Gasteiger partial charge in [-0.25, -0.2) is 0 Å². The summed E-state index contributed by atoms with van der Waals surface area (Å²) in [6.45, 7) is 3.94. The summed E-state index contributed by atoms with van der Waals surface area (Å²) < 4.78 is 45.5. The maximum absolute atomic E-state index is 14.2. The molecule has 3 N–H and O–H groups in total. The molecule has 9 heteroatoms. The number of carbonyl (C=O) groups is 2. The van der Waals surface area contributed by atoms with Gasteiger partial charge < -0.3 is 20.7 Å². The van der Waals surface area contributed by atoms with Crippen LogP contribution in [0.15, 0.2) is 121 Å². The van der Waals surface area contributed by atoms with E-state index in [1.165, 1.54) is 19.2 Å². The first-order valence-electron chi connectivity index (χ1n) is 12.6. The minimum Gasteiger partial charge on any atom is -0.497 e. The van der Waals surface area contributed by atoms with Crippen molar-refractivity contribution in [2.24, 2.45) is 0 Å². The smallest absolute Gasteiger partial charge is 0.416 e. The fraction of sp³-hybridized carbons (Fsp3) is 0.125. The third-order valence-corrected chi connectivity index (χ3v) is 6.40. The zero-order valence-corrected chi connectivity index (χ0v) is 22.2. The number of carbonyl (C=O) groups excluding carboxylic acids is 2. The average molecular weight is 560 g/mol. The van der Waals surface area contributed by atoms with Crippen molar-refractivity contribution in [1.82, 2.24) is 0 Å². The van der Waals surface area contributed by atoms with Gasteiger partial charge in [-0.1, -0.05) is 55.1 Å². The van der Waals surface area contributed by atoms with Crippen LogP contribution in [0.1, 0.15) is 17.5 Å². The number of hydrogen-bond donors (Lipinski definition) is 3. The molecule has 4 rings (SSSR count). The Kier molecular flexibility index (Phi) is 8.77. The van der Waals surface area contributed by atoms with Crippen LogP contribution in [0.2, 0.25) is 0 Å². The summed E-state index contributed by atoms with van der Waals surface area (Å²) in [5, 5.41) is 8.79. The van der Waals surface area contributed by atoms with E-state index in [1.54, 1.807) is 84.9 Å². The number of ether oxygens (including phenoxy) is 1. The van der Waals surface area contributed by atoms with E-state index in [9.17, 15) is 22.8 Å². The maximum Gasteiger partial charge on any atom is 0.416 e. The molecule has 1 atom stereocenters. The van der Waals surface area contributed by atoms with Crippen LogP contribution in [-0.4, -0.2) is 18.9 Å². The minimum atomic E-state index is -4.57. The molecular weight excluding hydrogens is 531 g/mol. The fourth-order valence-electron chi connectivity index (χ4n) is 4.25. The molecule has 4 aromatic rings. The lowest BCUT2D eigenvalue weighted by molar-refractivity contribution is -0.137. The zero-order valence-electron chi connectivity index (χ0n) is 22.2. The number of amides is 2. The van der Waals surface area contributed by atoms with Gasteiger partial charge in [0, 0.05) is 29.1 Å². The Bertz CT molecular complexity index is 1490. The molecule has 210 valence electrons. The van der Waals surface area contributed by atoms with Gasteiger partial charge in [-0.3, -0.25) is 9.59 Å². The lowest BCUT2D eigenvalue weighted by atomic mass is 9.81. The van der Waals surface area contributed by atoms with Crippen molar-refractivity contribution < 1.29 is 27.5 Å². The molecule has 0 saturated carbocycles. The van der Waals surface area contributed by atoms with Gasteiger partial charge in [0.15, 0.2) is 0 Å². The molecule has 0 bridgehead atoms. The Labute approximate surface area is 235 Å². The van der Waals surface area contributed by atoms with E-state index in [0.717, 1.165) is 12.1 Å². The number of benzene rings is 4. The first-order valence-corrected chi connectivity index (χ1v) is 12.6. The molecular formula is C32H28F3N3O3. The monoisotopic (exact) mass is 559 g/mol. The normalized spacial score (nSPS) is 12.5. The van der Waals surface area contributed by atoms with Crippen LogP contribution < -0.4 is 20.7 Å². The molecule has 0 spiro atoms. The van der Waals surface area contributed by atoms with Crippen molar-refractivity contribution in [3.63, 3.8) is 0 Å². The second kappa shape index (κ2) is 12.4. The van der Waals surface area contributed by atoms with Crippen LogP contribution in [0.3, 0.4) is 0 Å². The first kappa shape index (κ1) is 28.9. The second-order valence-electron chi connectivity index (χ2n) is 9.25. The van der Waals surface area contributed by atoms with E-state index in [4.69, 9.17) is 4.74 Å². The van der Waals surface area contributed by atoms with Crippen molar-refractivity contribution in [1.29, 1.82) is 0 Å². The molecule has 41 heavy (non-hydrogen) atoms. The third kappa shape index (κ3) is 7.13. The van der Waals surface area contributed by atoms with E-state index in [1.807, 2.05) is 0 Å². The van der Waals surface area contributed by atoms with Crippen LogP contribution in [0, 0.1) is 0 Å². The molecule has 0 aliphatic heterocycles. The maximum atomic E-state index is 14.2. The molecule has 1 unspecified atom stereocenters. The van der Waals surface area contributed by atoms with Gasteiger partial charge >= 0.3 is 6.18 Å². The highest BCUT2D eigenvalue weighted by Gasteiger charge is 2.43. The molecule has 0 aliphatic rings. The number of para-hydroxylation sites is 2.